The van der Waals surface area contributed by atoms with Crippen molar-refractivity contribution in [3.05, 3.63) is 11.6 Å². The monoisotopic (exact) mass is 972 g/mol. The first-order valence-electron chi connectivity index (χ1n) is 24.4. The van der Waals surface area contributed by atoms with Gasteiger partial charge in [-0.05, 0) is 103 Å². The molecule has 68 heavy (non-hydrogen) atoms. The van der Waals surface area contributed by atoms with E-state index in [1.54, 1.807) is 0 Å². The predicted molar refractivity (Wildman–Crippen MR) is 232 cm³/mol. The van der Waals surface area contributed by atoms with E-state index in [2.05, 4.69) is 54.5 Å². The first-order chi connectivity index (χ1) is 31.6. The maximum atomic E-state index is 14.7. The molecule has 4 saturated carbocycles. The number of hydrogen-bond acceptors (Lipinski definition) is 19. The van der Waals surface area contributed by atoms with Crippen LogP contribution in [0.15, 0.2) is 11.6 Å². The molecule has 0 aromatic heterocycles. The van der Waals surface area contributed by atoms with Crippen molar-refractivity contribution in [2.24, 2.45) is 50.2 Å². The van der Waals surface area contributed by atoms with E-state index >= 15 is 0 Å². The van der Waals surface area contributed by atoms with Crippen molar-refractivity contribution in [2.75, 3.05) is 13.2 Å². The number of carboxylic acids is 1. The highest BCUT2D eigenvalue weighted by atomic mass is 16.8. The second kappa shape index (κ2) is 18.2. The van der Waals surface area contributed by atoms with Gasteiger partial charge in [-0.15, -0.1) is 0 Å². The number of hydrogen-bond donors (Lipinski definition) is 12. The lowest BCUT2D eigenvalue weighted by atomic mass is 9.33. The average molecular weight is 973 g/mol. The van der Waals surface area contributed by atoms with E-state index in [0.29, 0.717) is 38.5 Å². The summed E-state index contributed by atoms with van der Waals surface area (Å²) < 4.78 is 35.5. The molecule has 3 heterocycles. The number of fused-ring (bicyclic) bond motifs is 7. The lowest BCUT2D eigenvalue weighted by Gasteiger charge is -2.71. The third-order valence-electron chi connectivity index (χ3n) is 19.3. The summed E-state index contributed by atoms with van der Waals surface area (Å²) >= 11 is 0. The highest BCUT2D eigenvalue weighted by Gasteiger charge is 2.72. The van der Waals surface area contributed by atoms with E-state index < -0.39 is 152 Å². The Kier molecular flexibility index (Phi) is 14.0. The van der Waals surface area contributed by atoms with Gasteiger partial charge in [0.1, 0.15) is 72.6 Å². The fourth-order valence-electron chi connectivity index (χ4n) is 15.1. The number of carbonyl (C=O) groups excluding carboxylic acids is 1. The van der Waals surface area contributed by atoms with Crippen molar-refractivity contribution < 1.29 is 99.3 Å². The number of allylic oxidation sites excluding steroid dienone is 2. The molecule has 0 bridgehead atoms. The standard InChI is InChI=1S/C48H76O20/c1-43(2)14-15-48(42(62)68-40-35(59)31(55)29(53)23(19-50)64-40)21(16-43)20-8-9-25-45(5)12-11-27(44(3,4)24(45)10-13-46(25,6)47(20,7)17-26(48)51)65-41-37(33(57)32(56)36(66-41)38(60)61)67-39-34(58)30(54)28(52)22(18-49)63-39/h8,21-37,39-41,49-59H,9-19H2,1-7H3,(H,60,61)/t21-,22+,23+,24-,25+,26+,27-,28+,29+,30-,31-,32-,33-,34+,35+,36-,37+,39-,40-,41+,45-,46+,47+,48+/m0/s1. The number of ether oxygens (including phenoxy) is 6. The Morgan fingerprint density at radius 3 is 1.85 bits per heavy atom. The van der Waals surface area contributed by atoms with Crippen LogP contribution in [-0.4, -0.2) is 191 Å². The Balaban J connectivity index is 1.07. The lowest BCUT2D eigenvalue weighted by Crippen LogP contribution is -2.68. The van der Waals surface area contributed by atoms with Crippen LogP contribution in [0.3, 0.4) is 0 Å². The van der Waals surface area contributed by atoms with E-state index in [1.165, 1.54) is 0 Å². The lowest BCUT2D eigenvalue weighted by molar-refractivity contribution is -0.374. The van der Waals surface area contributed by atoms with E-state index in [1.807, 2.05) is 0 Å². The van der Waals surface area contributed by atoms with Gasteiger partial charge in [-0.2, -0.15) is 0 Å². The molecular formula is C48H76O20. The van der Waals surface area contributed by atoms with Gasteiger partial charge in [0.2, 0.25) is 6.29 Å². The largest absolute Gasteiger partial charge is 0.479 e. The van der Waals surface area contributed by atoms with Crippen molar-refractivity contribution in [1.29, 1.82) is 0 Å². The predicted octanol–water partition coefficient (Wildman–Crippen LogP) is -0.796. The SMILES string of the molecule is CC1(C)CC[C@]2(C(=O)O[C@@H]3O[C@H](CO)[C@@H](O)[C@H](O)[C@H]3O)[C@H](O)C[C@]3(C)C(=CC[C@@H]4[C@@]5(C)CC[C@H](O[C@@H]6O[C@H](C(=O)O)[C@@H](O)[C@H](O)[C@H]6O[C@@H]6O[C@H](CO)[C@@H](O)[C@H](O)[C@H]6O)C(C)(C)[C@@H]5CC[C@]43C)[C@@H]2C1. The van der Waals surface area contributed by atoms with Gasteiger partial charge in [0.15, 0.2) is 18.7 Å². The van der Waals surface area contributed by atoms with Crippen LogP contribution in [-0.2, 0) is 38.0 Å². The maximum absolute atomic E-state index is 14.7. The molecule has 3 aliphatic heterocycles. The summed E-state index contributed by atoms with van der Waals surface area (Å²) in [5, 5.41) is 128. The number of carbonyl (C=O) groups is 2. The molecule has 20 heteroatoms. The molecule has 0 radical (unpaired) electrons. The van der Waals surface area contributed by atoms with Gasteiger partial charge >= 0.3 is 11.9 Å². The third kappa shape index (κ3) is 7.94. The zero-order valence-electron chi connectivity index (χ0n) is 40.0. The number of rotatable bonds is 9. The van der Waals surface area contributed by atoms with Gasteiger partial charge < -0.3 is 89.7 Å². The number of aliphatic carboxylic acids is 1. The number of aliphatic hydroxyl groups excluding tert-OH is 11. The molecule has 0 aromatic carbocycles. The Hall–Kier alpha value is -1.96. The van der Waals surface area contributed by atoms with Crippen molar-refractivity contribution in [3.8, 4) is 0 Å². The van der Waals surface area contributed by atoms with Crippen LogP contribution in [0.25, 0.3) is 0 Å². The number of esters is 1. The normalized spacial score (nSPS) is 53.1. The molecule has 20 nitrogen and oxygen atoms in total. The average Bonchev–Trinajstić information content (AvgIpc) is 3.26. The summed E-state index contributed by atoms with van der Waals surface area (Å²) in [4.78, 5) is 27.0. The van der Waals surface area contributed by atoms with Crippen LogP contribution in [0.1, 0.15) is 106 Å². The Morgan fingerprint density at radius 2 is 1.25 bits per heavy atom. The molecule has 8 rings (SSSR count). The first-order valence-corrected chi connectivity index (χ1v) is 24.4. The molecule has 388 valence electrons. The molecule has 0 spiro atoms. The van der Waals surface area contributed by atoms with Gasteiger partial charge in [0, 0.05) is 0 Å². The summed E-state index contributed by atoms with van der Waals surface area (Å²) in [6.07, 6.45) is -20.3. The number of carboxylic acid groups (broad SMARTS) is 1. The summed E-state index contributed by atoms with van der Waals surface area (Å²) in [5.41, 5.74) is -2.43. The fraction of sp³-hybridized carbons (Fsp3) is 0.917. The molecule has 0 aromatic rings. The van der Waals surface area contributed by atoms with Gasteiger partial charge in [-0.1, -0.05) is 60.1 Å². The van der Waals surface area contributed by atoms with E-state index in [4.69, 9.17) is 28.4 Å². The third-order valence-corrected chi connectivity index (χ3v) is 19.3. The summed E-state index contributed by atoms with van der Waals surface area (Å²) in [6, 6.07) is 0. The number of aliphatic hydroxyl groups is 11. The molecule has 3 saturated heterocycles. The van der Waals surface area contributed by atoms with Gasteiger partial charge in [-0.25, -0.2) is 4.79 Å². The molecule has 7 fully saturated rings. The smallest absolute Gasteiger partial charge is 0.335 e. The van der Waals surface area contributed by atoms with Gasteiger partial charge in [-0.3, -0.25) is 4.79 Å². The minimum absolute atomic E-state index is 0.0132. The maximum Gasteiger partial charge on any atom is 0.335 e. The molecular weight excluding hydrogens is 897 g/mol. The Morgan fingerprint density at radius 1 is 0.647 bits per heavy atom. The highest BCUT2D eigenvalue weighted by Crippen LogP contribution is 2.76. The summed E-state index contributed by atoms with van der Waals surface area (Å²) in [5.74, 6) is -2.68. The quantitative estimate of drug-likeness (QED) is 0.0765. The van der Waals surface area contributed by atoms with E-state index in [-0.39, 0.29) is 34.5 Å². The zero-order chi connectivity index (χ0) is 50.0. The van der Waals surface area contributed by atoms with Crippen LogP contribution >= 0.6 is 0 Å². The van der Waals surface area contributed by atoms with Crippen molar-refractivity contribution in [1.82, 2.24) is 0 Å². The van der Waals surface area contributed by atoms with Crippen LogP contribution in [0.5, 0.6) is 0 Å². The van der Waals surface area contributed by atoms with Gasteiger partial charge in [0.25, 0.3) is 0 Å². The van der Waals surface area contributed by atoms with E-state index in [9.17, 15) is 70.9 Å². The summed E-state index contributed by atoms with van der Waals surface area (Å²) in [7, 11) is 0. The second-order valence-electron chi connectivity index (χ2n) is 23.6. The Labute approximate surface area is 396 Å². The van der Waals surface area contributed by atoms with E-state index in [0.717, 1.165) is 18.4 Å². The fourth-order valence-corrected chi connectivity index (χ4v) is 15.1. The highest BCUT2D eigenvalue weighted by molar-refractivity contribution is 5.80. The minimum Gasteiger partial charge on any atom is -0.479 e. The molecule has 0 unspecified atom stereocenters. The molecule has 0 amide bonds. The van der Waals surface area contributed by atoms with Crippen LogP contribution in [0.4, 0.5) is 0 Å². The molecule has 24 atom stereocenters. The van der Waals surface area contributed by atoms with Gasteiger partial charge in [0.05, 0.1) is 25.4 Å². The zero-order valence-corrected chi connectivity index (χ0v) is 40.0. The van der Waals surface area contributed by atoms with Crippen LogP contribution in [0.2, 0.25) is 0 Å². The molecule has 5 aliphatic carbocycles. The molecule has 8 aliphatic rings. The van der Waals surface area contributed by atoms with Crippen molar-refractivity contribution in [3.63, 3.8) is 0 Å². The first kappa shape index (κ1) is 52.4. The topological polar surface area (TPSA) is 332 Å². The Bertz CT molecular complexity index is 1910. The van der Waals surface area contributed by atoms with Crippen LogP contribution in [0, 0.1) is 50.2 Å². The molecule has 12 N–H and O–H groups in total. The van der Waals surface area contributed by atoms with Crippen molar-refractivity contribution in [2.45, 2.75) is 211 Å². The minimum atomic E-state index is -2.00. The summed E-state index contributed by atoms with van der Waals surface area (Å²) in [6.45, 7) is 13.8. The van der Waals surface area contributed by atoms with Crippen molar-refractivity contribution >= 4 is 11.9 Å². The second-order valence-corrected chi connectivity index (χ2v) is 23.6. The van der Waals surface area contributed by atoms with Crippen LogP contribution < -0.4 is 0 Å².